The predicted octanol–water partition coefficient (Wildman–Crippen LogP) is 1.00. The molecule has 5 nitrogen and oxygen atoms in total. The van der Waals surface area contributed by atoms with Gasteiger partial charge in [0.25, 0.3) is 0 Å². The lowest BCUT2D eigenvalue weighted by Crippen LogP contribution is -2.60. The van der Waals surface area contributed by atoms with Crippen molar-refractivity contribution < 1.29 is 9.47 Å². The molecule has 0 saturated carbocycles. The van der Waals surface area contributed by atoms with Gasteiger partial charge in [-0.25, -0.2) is 0 Å². The second kappa shape index (κ2) is 7.31. The number of likely N-dealkylation sites (tertiary alicyclic amines) is 1. The van der Waals surface area contributed by atoms with Crippen LogP contribution in [0.5, 0.6) is 0 Å². The maximum atomic E-state index is 5.97. The lowest BCUT2D eigenvalue weighted by atomic mass is 9.98. The van der Waals surface area contributed by atoms with Crippen LogP contribution >= 0.6 is 0 Å². The number of piperidine rings is 1. The number of ether oxygens (including phenoxy) is 2. The molecule has 2 atom stereocenters. The van der Waals surface area contributed by atoms with Crippen LogP contribution in [-0.4, -0.2) is 73.4 Å². The van der Waals surface area contributed by atoms with Gasteiger partial charge in [-0.3, -0.25) is 14.8 Å². The zero-order valence-electron chi connectivity index (χ0n) is 12.8. The van der Waals surface area contributed by atoms with E-state index < -0.39 is 0 Å². The third-order valence-electron chi connectivity index (χ3n) is 4.48. The predicted molar refractivity (Wildman–Crippen MR) is 81.1 cm³/mol. The van der Waals surface area contributed by atoms with Crippen LogP contribution < -0.4 is 0 Å². The van der Waals surface area contributed by atoms with Crippen molar-refractivity contribution in [1.29, 1.82) is 0 Å². The van der Waals surface area contributed by atoms with E-state index in [-0.39, 0.29) is 0 Å². The minimum Gasteiger partial charge on any atom is -0.383 e. The minimum absolute atomic E-state index is 0.385. The number of fused-ring (bicyclic) bond motifs is 1. The number of nitrogens with zero attached hydrogens (tertiary/aromatic N) is 3. The van der Waals surface area contributed by atoms with Gasteiger partial charge in [0.15, 0.2) is 0 Å². The van der Waals surface area contributed by atoms with E-state index in [1.54, 1.807) is 7.11 Å². The average molecular weight is 291 g/mol. The van der Waals surface area contributed by atoms with E-state index in [4.69, 9.17) is 9.47 Å². The van der Waals surface area contributed by atoms with Crippen LogP contribution in [0.4, 0.5) is 0 Å². The third kappa shape index (κ3) is 3.80. The number of rotatable bonds is 5. The summed E-state index contributed by atoms with van der Waals surface area (Å²) in [7, 11) is 1.77. The molecule has 0 unspecified atom stereocenters. The zero-order chi connectivity index (χ0) is 14.5. The summed E-state index contributed by atoms with van der Waals surface area (Å²) in [6.45, 7) is 6.75. The van der Waals surface area contributed by atoms with Crippen LogP contribution in [0, 0.1) is 0 Å². The Hall–Kier alpha value is -1.01. The molecule has 1 aromatic heterocycles. The Morgan fingerprint density at radius 1 is 1.38 bits per heavy atom. The Kier molecular flexibility index (Phi) is 5.19. The number of aromatic nitrogens is 1. The molecule has 0 bridgehead atoms. The molecule has 0 N–H and O–H groups in total. The topological polar surface area (TPSA) is 37.8 Å². The smallest absolute Gasteiger partial charge is 0.0755 e. The summed E-state index contributed by atoms with van der Waals surface area (Å²) in [6, 6.07) is 6.62. The Labute approximate surface area is 126 Å². The largest absolute Gasteiger partial charge is 0.383 e. The van der Waals surface area contributed by atoms with E-state index in [2.05, 4.69) is 26.9 Å². The summed E-state index contributed by atoms with van der Waals surface area (Å²) >= 11 is 0. The molecule has 1 aromatic rings. The van der Waals surface area contributed by atoms with E-state index in [1.165, 1.54) is 0 Å². The lowest BCUT2D eigenvalue weighted by molar-refractivity contribution is -0.107. The van der Waals surface area contributed by atoms with Crippen molar-refractivity contribution in [2.75, 3.05) is 46.5 Å². The first-order valence-corrected chi connectivity index (χ1v) is 7.83. The van der Waals surface area contributed by atoms with Gasteiger partial charge in [-0.15, -0.1) is 0 Å². The Balaban J connectivity index is 1.60. The number of hydrogen-bond donors (Lipinski definition) is 0. The summed E-state index contributed by atoms with van der Waals surface area (Å²) in [5, 5.41) is 0. The highest BCUT2D eigenvalue weighted by atomic mass is 16.5. The summed E-state index contributed by atoms with van der Waals surface area (Å²) in [5.41, 5.74) is 1.15. The number of hydrogen-bond acceptors (Lipinski definition) is 5. The van der Waals surface area contributed by atoms with Crippen LogP contribution in [0.3, 0.4) is 0 Å². The minimum atomic E-state index is 0.385. The second-order valence-electron chi connectivity index (χ2n) is 5.85. The molecule has 116 valence electrons. The van der Waals surface area contributed by atoms with Crippen molar-refractivity contribution in [3.05, 3.63) is 30.1 Å². The van der Waals surface area contributed by atoms with Crippen LogP contribution in [-0.2, 0) is 16.0 Å². The van der Waals surface area contributed by atoms with Gasteiger partial charge in [0.2, 0.25) is 0 Å². The van der Waals surface area contributed by atoms with E-state index in [1.807, 2.05) is 12.3 Å². The Bertz CT molecular complexity index is 429. The first-order chi connectivity index (χ1) is 10.4. The molecular weight excluding hydrogens is 266 g/mol. The van der Waals surface area contributed by atoms with Crippen LogP contribution in [0.25, 0.3) is 0 Å². The standard InChI is InChI=1S/C16H25N3O2/c1-20-10-8-19-9-11-21-16-5-7-18(13-15(16)19)12-14-4-2-3-6-17-14/h2-4,6,15-16H,5,7-13H2,1H3/t15-,16-/m1/s1. The van der Waals surface area contributed by atoms with Crippen molar-refractivity contribution >= 4 is 0 Å². The van der Waals surface area contributed by atoms with Crippen LogP contribution in [0.2, 0.25) is 0 Å². The second-order valence-corrected chi connectivity index (χ2v) is 5.85. The number of morpholine rings is 1. The molecule has 2 aliphatic rings. The van der Waals surface area contributed by atoms with Gasteiger partial charge >= 0.3 is 0 Å². The maximum Gasteiger partial charge on any atom is 0.0755 e. The van der Waals surface area contributed by atoms with Gasteiger partial charge in [0.05, 0.1) is 25.0 Å². The van der Waals surface area contributed by atoms with Gasteiger partial charge in [0, 0.05) is 52.1 Å². The van der Waals surface area contributed by atoms with Gasteiger partial charge in [-0.05, 0) is 18.6 Å². The molecule has 3 heterocycles. The fourth-order valence-electron chi connectivity index (χ4n) is 3.36. The molecule has 3 rings (SSSR count). The van der Waals surface area contributed by atoms with E-state index in [0.29, 0.717) is 12.1 Å². The summed E-state index contributed by atoms with van der Waals surface area (Å²) < 4.78 is 11.2. The first kappa shape index (κ1) is 14.9. The van der Waals surface area contributed by atoms with Crippen molar-refractivity contribution in [2.24, 2.45) is 0 Å². The Morgan fingerprint density at radius 2 is 2.33 bits per heavy atom. The highest BCUT2D eigenvalue weighted by Gasteiger charge is 2.36. The average Bonchev–Trinajstić information content (AvgIpc) is 2.54. The van der Waals surface area contributed by atoms with Crippen molar-refractivity contribution in [1.82, 2.24) is 14.8 Å². The molecular formula is C16H25N3O2. The van der Waals surface area contributed by atoms with Gasteiger partial charge in [-0.2, -0.15) is 0 Å². The number of pyridine rings is 1. The van der Waals surface area contributed by atoms with E-state index in [0.717, 1.165) is 58.1 Å². The molecule has 0 radical (unpaired) electrons. The van der Waals surface area contributed by atoms with E-state index >= 15 is 0 Å². The first-order valence-electron chi connectivity index (χ1n) is 7.83. The van der Waals surface area contributed by atoms with Crippen molar-refractivity contribution in [2.45, 2.75) is 25.1 Å². The summed E-state index contributed by atoms with van der Waals surface area (Å²) in [6.07, 6.45) is 3.37. The third-order valence-corrected chi connectivity index (χ3v) is 4.48. The van der Waals surface area contributed by atoms with Gasteiger partial charge in [-0.1, -0.05) is 6.07 Å². The molecule has 0 aliphatic carbocycles. The van der Waals surface area contributed by atoms with Gasteiger partial charge in [0.1, 0.15) is 0 Å². The highest BCUT2D eigenvalue weighted by Crippen LogP contribution is 2.23. The quantitative estimate of drug-likeness (QED) is 0.809. The van der Waals surface area contributed by atoms with Crippen molar-refractivity contribution in [3.63, 3.8) is 0 Å². The van der Waals surface area contributed by atoms with Gasteiger partial charge < -0.3 is 9.47 Å². The fraction of sp³-hybridized carbons (Fsp3) is 0.688. The molecule has 2 fully saturated rings. The SMILES string of the molecule is COCCN1CCO[C@@H]2CCN(Cc3ccccn3)C[C@H]21. The molecule has 0 amide bonds. The molecule has 2 saturated heterocycles. The lowest BCUT2D eigenvalue weighted by Gasteiger charge is -2.47. The molecule has 0 spiro atoms. The number of methoxy groups -OCH3 is 1. The molecule has 2 aliphatic heterocycles. The fourth-order valence-corrected chi connectivity index (χ4v) is 3.36. The highest BCUT2D eigenvalue weighted by molar-refractivity contribution is 5.04. The molecule has 5 heteroatoms. The Morgan fingerprint density at radius 3 is 3.14 bits per heavy atom. The maximum absolute atomic E-state index is 5.97. The van der Waals surface area contributed by atoms with Crippen LogP contribution in [0.1, 0.15) is 12.1 Å². The van der Waals surface area contributed by atoms with Crippen LogP contribution in [0.15, 0.2) is 24.4 Å². The summed E-state index contributed by atoms with van der Waals surface area (Å²) in [4.78, 5) is 9.47. The van der Waals surface area contributed by atoms with E-state index in [9.17, 15) is 0 Å². The monoisotopic (exact) mass is 291 g/mol. The zero-order valence-corrected chi connectivity index (χ0v) is 12.8. The van der Waals surface area contributed by atoms with Crippen molar-refractivity contribution in [3.8, 4) is 0 Å². The molecule has 21 heavy (non-hydrogen) atoms. The normalized spacial score (nSPS) is 27.5. The summed E-state index contributed by atoms with van der Waals surface area (Å²) in [5.74, 6) is 0. The molecule has 0 aromatic carbocycles.